The van der Waals surface area contributed by atoms with E-state index in [-0.39, 0.29) is 18.3 Å². The number of aryl methyl sites for hydroxylation is 1. The van der Waals surface area contributed by atoms with E-state index in [1.54, 1.807) is 18.2 Å². The Labute approximate surface area is 117 Å². The summed E-state index contributed by atoms with van der Waals surface area (Å²) in [7, 11) is 0. The number of nitrogens with one attached hydrogen (secondary N) is 1. The summed E-state index contributed by atoms with van der Waals surface area (Å²) >= 11 is 0. The molecule has 0 saturated carbocycles. The van der Waals surface area contributed by atoms with Crippen LogP contribution in [0, 0.1) is 5.82 Å². The number of nitrogens with two attached hydrogens (primary N) is 1. The average molecular weight is 272 g/mol. The van der Waals surface area contributed by atoms with Gasteiger partial charge < -0.3 is 11.1 Å². The minimum Gasteiger partial charge on any atom is -0.399 e. The number of halogens is 1. The molecule has 0 fully saturated rings. The van der Waals surface area contributed by atoms with Crippen molar-refractivity contribution in [2.45, 2.75) is 19.4 Å². The third-order valence-electron chi connectivity index (χ3n) is 3.03. The molecule has 20 heavy (non-hydrogen) atoms. The van der Waals surface area contributed by atoms with Gasteiger partial charge in [-0.25, -0.2) is 4.39 Å². The van der Waals surface area contributed by atoms with Crippen LogP contribution >= 0.6 is 0 Å². The lowest BCUT2D eigenvalue weighted by Gasteiger charge is -2.06. The molecule has 0 aliphatic carbocycles. The van der Waals surface area contributed by atoms with Crippen molar-refractivity contribution in [1.29, 1.82) is 0 Å². The van der Waals surface area contributed by atoms with Gasteiger partial charge in [-0.15, -0.1) is 0 Å². The number of amides is 1. The van der Waals surface area contributed by atoms with Crippen molar-refractivity contribution >= 4 is 11.6 Å². The van der Waals surface area contributed by atoms with Gasteiger partial charge in [-0.3, -0.25) is 4.79 Å². The van der Waals surface area contributed by atoms with Crippen molar-refractivity contribution < 1.29 is 9.18 Å². The Kier molecular flexibility index (Phi) is 4.71. The average Bonchev–Trinajstić information content (AvgIpc) is 2.44. The van der Waals surface area contributed by atoms with Crippen LogP contribution in [0.15, 0.2) is 48.5 Å². The molecule has 0 unspecified atom stereocenters. The van der Waals surface area contributed by atoms with Crippen molar-refractivity contribution in [3.63, 3.8) is 0 Å². The number of rotatable bonds is 5. The Morgan fingerprint density at radius 1 is 1.15 bits per heavy atom. The monoisotopic (exact) mass is 272 g/mol. The molecular formula is C16H17FN2O. The standard InChI is InChI=1S/C16H17FN2O/c17-15-7-2-1-5-13(15)11-19-16(20)9-8-12-4-3-6-14(18)10-12/h1-7,10H,8-9,11,18H2,(H,19,20). The minimum atomic E-state index is -0.302. The Bertz CT molecular complexity index is 599. The zero-order valence-electron chi connectivity index (χ0n) is 11.1. The van der Waals surface area contributed by atoms with Crippen LogP contribution in [0.3, 0.4) is 0 Å². The molecule has 2 aromatic carbocycles. The number of hydrogen-bond acceptors (Lipinski definition) is 2. The minimum absolute atomic E-state index is 0.101. The van der Waals surface area contributed by atoms with Gasteiger partial charge in [-0.2, -0.15) is 0 Å². The highest BCUT2D eigenvalue weighted by Crippen LogP contribution is 2.09. The molecule has 0 heterocycles. The van der Waals surface area contributed by atoms with Crippen molar-refractivity contribution in [3.05, 3.63) is 65.5 Å². The lowest BCUT2D eigenvalue weighted by atomic mass is 10.1. The molecule has 1 amide bonds. The predicted octanol–water partition coefficient (Wildman–Crippen LogP) is 2.66. The molecule has 0 bridgehead atoms. The van der Waals surface area contributed by atoms with Gasteiger partial charge in [0.1, 0.15) is 5.82 Å². The highest BCUT2D eigenvalue weighted by Gasteiger charge is 2.05. The third kappa shape index (κ3) is 4.09. The smallest absolute Gasteiger partial charge is 0.220 e. The summed E-state index contributed by atoms with van der Waals surface area (Å²) in [6.07, 6.45) is 0.978. The number of carbonyl (C=O) groups excluding carboxylic acids is 1. The molecule has 2 rings (SSSR count). The summed E-state index contributed by atoms with van der Waals surface area (Å²) in [5, 5.41) is 2.71. The number of anilines is 1. The van der Waals surface area contributed by atoms with E-state index in [0.717, 1.165) is 5.56 Å². The van der Waals surface area contributed by atoms with E-state index >= 15 is 0 Å². The molecule has 3 nitrogen and oxygen atoms in total. The second-order valence-corrected chi connectivity index (χ2v) is 4.61. The zero-order valence-corrected chi connectivity index (χ0v) is 11.1. The van der Waals surface area contributed by atoms with Crippen molar-refractivity contribution in [1.82, 2.24) is 5.32 Å². The van der Waals surface area contributed by atoms with Gasteiger partial charge in [0.15, 0.2) is 0 Å². The molecule has 0 aromatic heterocycles. The van der Waals surface area contributed by atoms with Crippen molar-refractivity contribution in [3.8, 4) is 0 Å². The van der Waals surface area contributed by atoms with Crippen LogP contribution < -0.4 is 11.1 Å². The molecule has 0 atom stereocenters. The topological polar surface area (TPSA) is 55.1 Å². The number of carbonyl (C=O) groups is 1. The highest BCUT2D eigenvalue weighted by molar-refractivity contribution is 5.76. The van der Waals surface area contributed by atoms with Crippen molar-refractivity contribution in [2.24, 2.45) is 0 Å². The summed E-state index contributed by atoms with van der Waals surface area (Å²) in [5.74, 6) is -0.403. The molecule has 0 aliphatic heterocycles. The Morgan fingerprint density at radius 3 is 2.70 bits per heavy atom. The molecule has 2 aromatic rings. The van der Waals surface area contributed by atoms with Gasteiger partial charge in [0, 0.05) is 24.2 Å². The fraction of sp³-hybridized carbons (Fsp3) is 0.188. The van der Waals surface area contributed by atoms with E-state index in [0.29, 0.717) is 24.1 Å². The first kappa shape index (κ1) is 14.1. The van der Waals surface area contributed by atoms with E-state index in [1.807, 2.05) is 24.3 Å². The largest absolute Gasteiger partial charge is 0.399 e. The quantitative estimate of drug-likeness (QED) is 0.822. The Balaban J connectivity index is 1.80. The van der Waals surface area contributed by atoms with E-state index in [9.17, 15) is 9.18 Å². The number of nitrogen functional groups attached to an aromatic ring is 1. The Morgan fingerprint density at radius 2 is 1.95 bits per heavy atom. The zero-order chi connectivity index (χ0) is 14.4. The molecular weight excluding hydrogens is 255 g/mol. The van der Waals surface area contributed by atoms with Crippen LogP contribution in [0.5, 0.6) is 0 Å². The van der Waals surface area contributed by atoms with Crippen LogP contribution in [0.25, 0.3) is 0 Å². The van der Waals surface area contributed by atoms with Gasteiger partial charge in [0.25, 0.3) is 0 Å². The summed E-state index contributed by atoms with van der Waals surface area (Å²) < 4.78 is 13.4. The van der Waals surface area contributed by atoms with Gasteiger partial charge >= 0.3 is 0 Å². The summed E-state index contributed by atoms with van der Waals surface area (Å²) in [5.41, 5.74) is 7.87. The van der Waals surface area contributed by atoms with Crippen LogP contribution in [0.4, 0.5) is 10.1 Å². The van der Waals surface area contributed by atoms with Crippen LogP contribution in [0.2, 0.25) is 0 Å². The Hall–Kier alpha value is -2.36. The first-order chi connectivity index (χ1) is 9.65. The number of benzene rings is 2. The first-order valence-electron chi connectivity index (χ1n) is 6.49. The maximum atomic E-state index is 13.4. The van der Waals surface area contributed by atoms with Crippen LogP contribution in [0.1, 0.15) is 17.5 Å². The molecule has 0 saturated heterocycles. The maximum Gasteiger partial charge on any atom is 0.220 e. The molecule has 3 N–H and O–H groups in total. The van der Waals surface area contributed by atoms with E-state index in [2.05, 4.69) is 5.32 Å². The molecule has 104 valence electrons. The lowest BCUT2D eigenvalue weighted by molar-refractivity contribution is -0.121. The number of hydrogen-bond donors (Lipinski definition) is 2. The summed E-state index contributed by atoms with van der Waals surface area (Å²) in [6.45, 7) is 0.211. The van der Waals surface area contributed by atoms with Gasteiger partial charge in [0.05, 0.1) is 0 Å². The van der Waals surface area contributed by atoms with Gasteiger partial charge in [-0.1, -0.05) is 30.3 Å². The fourth-order valence-electron chi connectivity index (χ4n) is 1.93. The second kappa shape index (κ2) is 6.70. The third-order valence-corrected chi connectivity index (χ3v) is 3.03. The lowest BCUT2D eigenvalue weighted by Crippen LogP contribution is -2.23. The van der Waals surface area contributed by atoms with Crippen molar-refractivity contribution in [2.75, 3.05) is 5.73 Å². The normalized spacial score (nSPS) is 10.2. The molecule has 0 radical (unpaired) electrons. The first-order valence-corrected chi connectivity index (χ1v) is 6.49. The van der Waals surface area contributed by atoms with Crippen LogP contribution in [-0.2, 0) is 17.8 Å². The molecule has 4 heteroatoms. The summed E-state index contributed by atoms with van der Waals surface area (Å²) in [6, 6.07) is 13.9. The maximum absolute atomic E-state index is 13.4. The predicted molar refractivity (Wildman–Crippen MR) is 77.4 cm³/mol. The van der Waals surface area contributed by atoms with E-state index < -0.39 is 0 Å². The second-order valence-electron chi connectivity index (χ2n) is 4.61. The molecule has 0 aliphatic rings. The van der Waals surface area contributed by atoms with Gasteiger partial charge in [0.2, 0.25) is 5.91 Å². The fourth-order valence-corrected chi connectivity index (χ4v) is 1.93. The SMILES string of the molecule is Nc1cccc(CCC(=O)NCc2ccccc2F)c1. The van der Waals surface area contributed by atoms with E-state index in [4.69, 9.17) is 5.73 Å². The van der Waals surface area contributed by atoms with E-state index in [1.165, 1.54) is 6.07 Å². The summed E-state index contributed by atoms with van der Waals surface area (Å²) in [4.78, 5) is 11.7. The van der Waals surface area contributed by atoms with Crippen LogP contribution in [-0.4, -0.2) is 5.91 Å². The van der Waals surface area contributed by atoms with Gasteiger partial charge in [-0.05, 0) is 30.2 Å². The highest BCUT2D eigenvalue weighted by atomic mass is 19.1. The molecule has 0 spiro atoms.